The minimum atomic E-state index is -4.59. The maximum atomic E-state index is 10.5. The second kappa shape index (κ2) is 3.35. The molecular formula is C3H7ClN2O4S. The van der Waals surface area contributed by atoms with E-state index in [-0.39, 0.29) is 4.41 Å². The highest BCUT2D eigenvalue weighted by atomic mass is 35.5. The molecule has 0 aromatic carbocycles. The predicted octanol–water partition coefficient (Wildman–Crippen LogP) is -0.362. The van der Waals surface area contributed by atoms with Crippen LogP contribution in [0.3, 0.4) is 0 Å². The fourth-order valence-corrected chi connectivity index (χ4v) is 1.45. The molecule has 0 aliphatic carbocycles. The fourth-order valence-electron chi connectivity index (χ4n) is 0.499. The summed E-state index contributed by atoms with van der Waals surface area (Å²) in [5.41, 5.74) is 0. The largest absolute Gasteiger partial charge is 0.377 e. The predicted molar refractivity (Wildman–Crippen MR) is 37.7 cm³/mol. The molecule has 0 aliphatic heterocycles. The Morgan fingerprint density at radius 1 is 1.55 bits per heavy atom. The minimum absolute atomic E-state index is 0.00849. The van der Waals surface area contributed by atoms with Gasteiger partial charge in [0.1, 0.15) is 0 Å². The van der Waals surface area contributed by atoms with Crippen LogP contribution in [-0.4, -0.2) is 34.9 Å². The molecule has 0 saturated carbocycles. The molecule has 0 saturated heterocycles. The molecule has 1 amide bonds. The van der Waals surface area contributed by atoms with Gasteiger partial charge >= 0.3 is 10.3 Å². The monoisotopic (exact) mass is 202 g/mol. The maximum absolute atomic E-state index is 10.5. The van der Waals surface area contributed by atoms with Crippen molar-refractivity contribution in [3.63, 3.8) is 0 Å². The number of carbonyl (C=O) groups is 1. The Kier molecular flexibility index (Phi) is 3.24. The van der Waals surface area contributed by atoms with Crippen LogP contribution in [0.15, 0.2) is 0 Å². The van der Waals surface area contributed by atoms with Gasteiger partial charge in [0.25, 0.3) is 5.91 Å². The van der Waals surface area contributed by atoms with Gasteiger partial charge in [0.2, 0.25) is 0 Å². The zero-order valence-electron chi connectivity index (χ0n) is 5.85. The molecule has 0 bridgehead atoms. The summed E-state index contributed by atoms with van der Waals surface area (Å²) in [7, 11) is -3.49. The van der Waals surface area contributed by atoms with E-state index in [2.05, 4.69) is 0 Å². The minimum Gasteiger partial charge on any atom is -0.273 e. The second-order valence-electron chi connectivity index (χ2n) is 1.68. The highest BCUT2D eigenvalue weighted by Crippen LogP contribution is 2.04. The van der Waals surface area contributed by atoms with Crippen LogP contribution in [0.2, 0.25) is 0 Å². The summed E-state index contributed by atoms with van der Waals surface area (Å²) in [5, 5.41) is 0. The van der Waals surface area contributed by atoms with Gasteiger partial charge in [-0.3, -0.25) is 9.35 Å². The van der Waals surface area contributed by atoms with Gasteiger partial charge in [-0.25, -0.2) is 0 Å². The van der Waals surface area contributed by atoms with E-state index in [1.165, 1.54) is 0 Å². The molecule has 1 N–H and O–H groups in total. The zero-order valence-corrected chi connectivity index (χ0v) is 7.43. The van der Waals surface area contributed by atoms with Gasteiger partial charge in [0.15, 0.2) is 0 Å². The Morgan fingerprint density at radius 3 is 1.91 bits per heavy atom. The number of hydrogen-bond donors (Lipinski definition) is 1. The van der Waals surface area contributed by atoms with Crippen molar-refractivity contribution in [2.24, 2.45) is 0 Å². The smallest absolute Gasteiger partial charge is 0.273 e. The lowest BCUT2D eigenvalue weighted by Crippen LogP contribution is -2.41. The molecule has 8 heteroatoms. The molecule has 0 unspecified atom stereocenters. The first-order chi connectivity index (χ1) is 4.76. The van der Waals surface area contributed by atoms with Crippen LogP contribution in [0.1, 0.15) is 6.92 Å². The molecule has 0 radical (unpaired) electrons. The van der Waals surface area contributed by atoms with Gasteiger partial charge in [0.05, 0.1) is 0 Å². The molecule has 66 valence electrons. The average Bonchev–Trinajstić information content (AvgIpc) is 1.54. The molecular weight excluding hydrogens is 196 g/mol. The van der Waals surface area contributed by atoms with Gasteiger partial charge in [-0.1, -0.05) is 0 Å². The van der Waals surface area contributed by atoms with Gasteiger partial charge in [-0.05, 0) is 0 Å². The second-order valence-corrected chi connectivity index (χ2v) is 3.42. The van der Waals surface area contributed by atoms with Crippen molar-refractivity contribution >= 4 is 28.0 Å². The Labute approximate surface area is 69.3 Å². The SMILES string of the molecule is CC(=O)N(N(C)Cl)S(=O)(=O)O. The normalized spacial score (nSPS) is 11.7. The van der Waals surface area contributed by atoms with E-state index < -0.39 is 16.2 Å². The third-order valence-corrected chi connectivity index (χ3v) is 1.92. The summed E-state index contributed by atoms with van der Waals surface area (Å²) >= 11 is 5.12. The highest BCUT2D eigenvalue weighted by molar-refractivity contribution is 7.83. The lowest BCUT2D eigenvalue weighted by Gasteiger charge is -2.19. The van der Waals surface area contributed by atoms with Crippen molar-refractivity contribution in [3.05, 3.63) is 0 Å². The number of nitrogens with zero attached hydrogens (tertiary/aromatic N) is 2. The molecule has 11 heavy (non-hydrogen) atoms. The first-order valence-electron chi connectivity index (χ1n) is 2.44. The molecule has 0 fully saturated rings. The molecule has 0 atom stereocenters. The first-order valence-corrected chi connectivity index (χ1v) is 4.18. The van der Waals surface area contributed by atoms with Gasteiger partial charge in [0, 0.05) is 25.7 Å². The van der Waals surface area contributed by atoms with Crippen LogP contribution < -0.4 is 0 Å². The van der Waals surface area contributed by atoms with Crippen molar-refractivity contribution in [2.45, 2.75) is 6.92 Å². The molecule has 0 heterocycles. The summed E-state index contributed by atoms with van der Waals surface area (Å²) in [6, 6.07) is 0. The highest BCUT2D eigenvalue weighted by Gasteiger charge is 2.25. The lowest BCUT2D eigenvalue weighted by molar-refractivity contribution is -0.130. The zero-order chi connectivity index (χ0) is 9.23. The summed E-state index contributed by atoms with van der Waals surface area (Å²) in [5.74, 6) is -0.898. The molecule has 0 aromatic heterocycles. The van der Waals surface area contributed by atoms with Crippen LogP contribution in [0.5, 0.6) is 0 Å². The summed E-state index contributed by atoms with van der Waals surface area (Å²) in [6.45, 7) is 0.951. The molecule has 0 rings (SSSR count). The number of halogens is 1. The van der Waals surface area contributed by atoms with Crippen molar-refractivity contribution in [2.75, 3.05) is 7.05 Å². The van der Waals surface area contributed by atoms with E-state index in [1.54, 1.807) is 0 Å². The summed E-state index contributed by atoms with van der Waals surface area (Å²) in [4.78, 5) is 10.5. The van der Waals surface area contributed by atoms with Crippen LogP contribution in [0.4, 0.5) is 0 Å². The standard InChI is InChI=1S/C3H7ClN2O4S/c1-3(7)6(5(2)4)11(8,9)10/h1-2H3,(H,8,9,10). The molecule has 0 spiro atoms. The third kappa shape index (κ3) is 3.02. The van der Waals surface area contributed by atoms with Crippen molar-refractivity contribution in [1.29, 1.82) is 0 Å². The quantitative estimate of drug-likeness (QED) is 0.376. The molecule has 6 nitrogen and oxygen atoms in total. The summed E-state index contributed by atoms with van der Waals surface area (Å²) in [6.07, 6.45) is 0. The third-order valence-electron chi connectivity index (χ3n) is 0.738. The number of rotatable bonds is 2. The van der Waals surface area contributed by atoms with Crippen molar-refractivity contribution < 1.29 is 17.8 Å². The number of amides is 1. The van der Waals surface area contributed by atoms with E-state index >= 15 is 0 Å². The van der Waals surface area contributed by atoms with Crippen molar-refractivity contribution in [1.82, 2.24) is 8.94 Å². The first kappa shape index (κ1) is 10.6. The van der Waals surface area contributed by atoms with Crippen LogP contribution in [0.25, 0.3) is 0 Å². The Bertz CT molecular complexity index is 248. The van der Waals surface area contributed by atoms with Gasteiger partial charge < -0.3 is 0 Å². The summed E-state index contributed by atoms with van der Waals surface area (Å²) < 4.78 is 29.5. The average molecular weight is 203 g/mol. The van der Waals surface area contributed by atoms with E-state index in [9.17, 15) is 13.2 Å². The molecule has 0 aromatic rings. The van der Waals surface area contributed by atoms with Gasteiger partial charge in [-0.15, -0.1) is 8.94 Å². The van der Waals surface area contributed by atoms with E-state index in [4.69, 9.17) is 16.3 Å². The Morgan fingerprint density at radius 2 is 1.91 bits per heavy atom. The Hall–Kier alpha value is -0.370. The topological polar surface area (TPSA) is 77.9 Å². The number of carbonyl (C=O) groups excluding carboxylic acids is 1. The van der Waals surface area contributed by atoms with E-state index in [0.29, 0.717) is 4.53 Å². The Balaban J connectivity index is 4.79. The fraction of sp³-hybridized carbons (Fsp3) is 0.667. The van der Waals surface area contributed by atoms with Crippen LogP contribution in [0, 0.1) is 0 Å². The van der Waals surface area contributed by atoms with E-state index in [1.807, 2.05) is 0 Å². The maximum Gasteiger partial charge on any atom is 0.377 e. The van der Waals surface area contributed by atoms with Crippen LogP contribution in [-0.2, 0) is 15.1 Å². The molecule has 0 aliphatic rings. The number of hydrazine groups is 1. The number of hydrogen-bond acceptors (Lipinski definition) is 4. The van der Waals surface area contributed by atoms with Crippen molar-refractivity contribution in [3.8, 4) is 0 Å². The van der Waals surface area contributed by atoms with Gasteiger partial charge in [-0.2, -0.15) is 8.42 Å². The van der Waals surface area contributed by atoms with E-state index in [0.717, 1.165) is 14.0 Å². The lowest BCUT2D eigenvalue weighted by atomic mass is 10.8. The van der Waals surface area contributed by atoms with Crippen LogP contribution >= 0.6 is 11.8 Å².